The van der Waals surface area contributed by atoms with Crippen LogP contribution in [0.1, 0.15) is 11.1 Å². The molecule has 0 aliphatic rings. The van der Waals surface area contributed by atoms with Crippen molar-refractivity contribution in [1.82, 2.24) is 9.88 Å². The Morgan fingerprint density at radius 3 is 2.47 bits per heavy atom. The van der Waals surface area contributed by atoms with Crippen LogP contribution in [0.25, 0.3) is 5.57 Å². The van der Waals surface area contributed by atoms with Crippen molar-refractivity contribution in [3.8, 4) is 0 Å². The Balaban J connectivity index is 2.40. The molecule has 0 saturated carbocycles. The highest BCUT2D eigenvalue weighted by molar-refractivity contribution is 14.1. The molecule has 1 aromatic carbocycles. The van der Waals surface area contributed by atoms with Gasteiger partial charge < -0.3 is 4.90 Å². The zero-order valence-corrected chi connectivity index (χ0v) is 13.3. The maximum Gasteiger partial charge on any atom is 0.0346 e. The fraction of sp³-hybridized carbons (Fsp3) is 0.188. The van der Waals surface area contributed by atoms with Crippen LogP contribution < -0.4 is 0 Å². The van der Waals surface area contributed by atoms with Crippen LogP contribution in [0.3, 0.4) is 0 Å². The summed E-state index contributed by atoms with van der Waals surface area (Å²) >= 11 is 2.33. The molecule has 0 unspecified atom stereocenters. The molecule has 0 spiro atoms. The fourth-order valence-corrected chi connectivity index (χ4v) is 2.19. The summed E-state index contributed by atoms with van der Waals surface area (Å²) in [6, 6.07) is 12.7. The van der Waals surface area contributed by atoms with Crippen molar-refractivity contribution in [2.75, 3.05) is 20.6 Å². The summed E-state index contributed by atoms with van der Waals surface area (Å²) in [5, 5.41) is 0. The van der Waals surface area contributed by atoms with Crippen molar-refractivity contribution in [3.63, 3.8) is 0 Å². The molecule has 0 bridgehead atoms. The van der Waals surface area contributed by atoms with Crippen LogP contribution >= 0.6 is 22.6 Å². The molecule has 1 aromatic heterocycles. The van der Waals surface area contributed by atoms with E-state index in [9.17, 15) is 0 Å². The molecule has 2 aromatic rings. The Labute approximate surface area is 128 Å². The molecule has 0 atom stereocenters. The van der Waals surface area contributed by atoms with E-state index in [0.717, 1.165) is 12.1 Å². The third-order valence-electron chi connectivity index (χ3n) is 2.79. The fourth-order valence-electron chi connectivity index (χ4n) is 1.83. The van der Waals surface area contributed by atoms with E-state index < -0.39 is 0 Å². The highest BCUT2D eigenvalue weighted by atomic mass is 127. The Hall–Kier alpha value is -1.20. The maximum absolute atomic E-state index is 4.22. The van der Waals surface area contributed by atoms with Crippen LogP contribution in [0.2, 0.25) is 0 Å². The van der Waals surface area contributed by atoms with Gasteiger partial charge in [0.15, 0.2) is 0 Å². The average Bonchev–Trinajstić information content (AvgIpc) is 2.42. The Kier molecular flexibility index (Phi) is 5.10. The van der Waals surface area contributed by atoms with Crippen molar-refractivity contribution in [3.05, 3.63) is 69.6 Å². The van der Waals surface area contributed by atoms with E-state index in [-0.39, 0.29) is 0 Å². The summed E-state index contributed by atoms with van der Waals surface area (Å²) in [7, 11) is 4.15. The van der Waals surface area contributed by atoms with Gasteiger partial charge in [-0.2, -0.15) is 0 Å². The zero-order chi connectivity index (χ0) is 13.7. The van der Waals surface area contributed by atoms with Gasteiger partial charge >= 0.3 is 0 Å². The van der Waals surface area contributed by atoms with Crippen LogP contribution in [0.5, 0.6) is 0 Å². The SMILES string of the molecule is CN(C)C/C=C(/c1ccc(I)cc1)c1cccnc1. The van der Waals surface area contributed by atoms with E-state index >= 15 is 0 Å². The standard InChI is InChI=1S/C16H17IN2/c1-19(2)11-9-16(14-4-3-10-18-12-14)13-5-7-15(17)8-6-13/h3-10,12H,11H2,1-2H3/b16-9-. The van der Waals surface area contributed by atoms with E-state index in [1.54, 1.807) is 6.20 Å². The first-order chi connectivity index (χ1) is 9.16. The molecule has 0 amide bonds. The quantitative estimate of drug-likeness (QED) is 0.770. The number of benzene rings is 1. The summed E-state index contributed by atoms with van der Waals surface area (Å²) in [4.78, 5) is 6.38. The number of hydrogen-bond donors (Lipinski definition) is 0. The van der Waals surface area contributed by atoms with Crippen LogP contribution in [-0.2, 0) is 0 Å². The van der Waals surface area contributed by atoms with Crippen LogP contribution in [0, 0.1) is 3.57 Å². The predicted octanol–water partition coefficient (Wildman–Crippen LogP) is 3.68. The largest absolute Gasteiger partial charge is 0.306 e. The predicted molar refractivity (Wildman–Crippen MR) is 89.0 cm³/mol. The smallest absolute Gasteiger partial charge is 0.0346 e. The molecule has 1 heterocycles. The molecule has 0 fully saturated rings. The second-order valence-corrected chi connectivity index (χ2v) is 5.87. The number of hydrogen-bond acceptors (Lipinski definition) is 2. The van der Waals surface area contributed by atoms with E-state index in [0.29, 0.717) is 0 Å². The minimum atomic E-state index is 0.913. The molecular weight excluding hydrogens is 347 g/mol. The van der Waals surface area contributed by atoms with Gasteiger partial charge in [-0.05, 0) is 66.0 Å². The molecule has 3 heteroatoms. The van der Waals surface area contributed by atoms with Crippen LogP contribution in [-0.4, -0.2) is 30.5 Å². The van der Waals surface area contributed by atoms with Gasteiger partial charge in [0.2, 0.25) is 0 Å². The van der Waals surface area contributed by atoms with E-state index in [1.807, 2.05) is 12.3 Å². The van der Waals surface area contributed by atoms with Gasteiger partial charge in [-0.25, -0.2) is 0 Å². The lowest BCUT2D eigenvalue weighted by Gasteiger charge is -2.11. The number of likely N-dealkylation sites (N-methyl/N-ethyl adjacent to an activating group) is 1. The molecule has 2 rings (SSSR count). The first kappa shape index (κ1) is 14.2. The van der Waals surface area contributed by atoms with Crippen molar-refractivity contribution >= 4 is 28.2 Å². The van der Waals surface area contributed by atoms with Gasteiger partial charge in [0, 0.05) is 28.1 Å². The molecule has 0 N–H and O–H groups in total. The lowest BCUT2D eigenvalue weighted by molar-refractivity contribution is 0.457. The normalized spacial score (nSPS) is 11.9. The van der Waals surface area contributed by atoms with Crippen molar-refractivity contribution in [2.24, 2.45) is 0 Å². The Morgan fingerprint density at radius 1 is 1.16 bits per heavy atom. The van der Waals surface area contributed by atoms with Gasteiger partial charge in [0.05, 0.1) is 0 Å². The van der Waals surface area contributed by atoms with E-state index in [2.05, 4.69) is 83.0 Å². The van der Waals surface area contributed by atoms with Crippen LogP contribution in [0.15, 0.2) is 54.9 Å². The molecule has 0 saturated heterocycles. The summed E-state index contributed by atoms with van der Waals surface area (Å²) in [5.74, 6) is 0. The number of rotatable bonds is 4. The lowest BCUT2D eigenvalue weighted by Crippen LogP contribution is -2.11. The minimum Gasteiger partial charge on any atom is -0.306 e. The molecule has 2 nitrogen and oxygen atoms in total. The summed E-state index contributed by atoms with van der Waals surface area (Å²) in [5.41, 5.74) is 3.62. The maximum atomic E-state index is 4.22. The van der Waals surface area contributed by atoms with E-state index in [1.165, 1.54) is 14.7 Å². The number of aromatic nitrogens is 1. The Morgan fingerprint density at radius 2 is 1.89 bits per heavy atom. The summed E-state index contributed by atoms with van der Waals surface area (Å²) in [6.45, 7) is 0.913. The topological polar surface area (TPSA) is 16.1 Å². The second kappa shape index (κ2) is 6.82. The first-order valence-electron chi connectivity index (χ1n) is 6.18. The third kappa shape index (κ3) is 4.14. The highest BCUT2D eigenvalue weighted by Crippen LogP contribution is 2.23. The van der Waals surface area contributed by atoms with Crippen LogP contribution in [0.4, 0.5) is 0 Å². The highest BCUT2D eigenvalue weighted by Gasteiger charge is 2.05. The summed E-state index contributed by atoms with van der Waals surface area (Å²) in [6.07, 6.45) is 5.97. The third-order valence-corrected chi connectivity index (χ3v) is 3.51. The lowest BCUT2D eigenvalue weighted by atomic mass is 9.99. The number of nitrogens with zero attached hydrogens (tertiary/aromatic N) is 2. The summed E-state index contributed by atoms with van der Waals surface area (Å²) < 4.78 is 1.25. The molecule has 0 aliphatic carbocycles. The first-order valence-corrected chi connectivity index (χ1v) is 7.26. The second-order valence-electron chi connectivity index (χ2n) is 4.63. The Bertz CT molecular complexity index is 545. The van der Waals surface area contributed by atoms with Gasteiger partial charge in [-0.15, -0.1) is 0 Å². The van der Waals surface area contributed by atoms with Crippen molar-refractivity contribution < 1.29 is 0 Å². The van der Waals surface area contributed by atoms with Gasteiger partial charge in [-0.1, -0.05) is 24.3 Å². The molecule has 19 heavy (non-hydrogen) atoms. The molecule has 0 radical (unpaired) electrons. The van der Waals surface area contributed by atoms with Crippen molar-refractivity contribution in [1.29, 1.82) is 0 Å². The number of pyridine rings is 1. The monoisotopic (exact) mass is 364 g/mol. The van der Waals surface area contributed by atoms with Crippen molar-refractivity contribution in [2.45, 2.75) is 0 Å². The molecule has 0 aliphatic heterocycles. The van der Waals surface area contributed by atoms with Gasteiger partial charge in [-0.3, -0.25) is 4.98 Å². The molecule has 98 valence electrons. The molecular formula is C16H17IN2. The van der Waals surface area contributed by atoms with Gasteiger partial charge in [0.1, 0.15) is 0 Å². The number of halogens is 1. The van der Waals surface area contributed by atoms with E-state index in [4.69, 9.17) is 0 Å². The zero-order valence-electron chi connectivity index (χ0n) is 11.2. The average molecular weight is 364 g/mol. The van der Waals surface area contributed by atoms with Gasteiger partial charge in [0.25, 0.3) is 0 Å². The minimum absolute atomic E-state index is 0.913.